The lowest BCUT2D eigenvalue weighted by Gasteiger charge is -2.17. The number of thiocarbonyl (C=S) groups is 1. The van der Waals surface area contributed by atoms with Crippen LogP contribution < -0.4 is 0 Å². The molecule has 5 heteroatoms. The van der Waals surface area contributed by atoms with E-state index in [1.807, 2.05) is 42.5 Å². The van der Waals surface area contributed by atoms with Gasteiger partial charge in [-0.25, -0.2) is 4.79 Å². The maximum atomic E-state index is 11.2. The highest BCUT2D eigenvalue weighted by Gasteiger charge is 2.22. The Morgan fingerprint density at radius 3 is 2.62 bits per heavy atom. The normalized spacial score (nSPS) is 14.4. The summed E-state index contributed by atoms with van der Waals surface area (Å²) >= 11 is 5.75. The largest absolute Gasteiger partial charge is 0.340 e. The molecule has 0 saturated heterocycles. The summed E-state index contributed by atoms with van der Waals surface area (Å²) in [5.41, 5.74) is 6.21. The number of carbonyl (C=O) groups excluding carboxylic acids is 1. The number of nitrogens with zero attached hydrogens (tertiary/aromatic N) is 2. The molecule has 5 rings (SSSR count). The number of benzene rings is 3. The molecule has 0 spiro atoms. The van der Waals surface area contributed by atoms with E-state index in [1.54, 1.807) is 0 Å². The van der Waals surface area contributed by atoms with E-state index < -0.39 is 5.97 Å². The van der Waals surface area contributed by atoms with E-state index in [0.29, 0.717) is 6.42 Å². The van der Waals surface area contributed by atoms with E-state index >= 15 is 0 Å². The van der Waals surface area contributed by atoms with Crippen molar-refractivity contribution in [1.29, 1.82) is 0 Å². The molecule has 1 aliphatic heterocycles. The van der Waals surface area contributed by atoms with Gasteiger partial charge in [0.05, 0.1) is 16.1 Å². The number of oxime groups is 1. The summed E-state index contributed by atoms with van der Waals surface area (Å²) in [7, 11) is 0. The van der Waals surface area contributed by atoms with Gasteiger partial charge in [0.25, 0.3) is 0 Å². The molecule has 3 aromatic carbocycles. The molecule has 2 heterocycles. The summed E-state index contributed by atoms with van der Waals surface area (Å²) in [6, 6.07) is 22.7. The van der Waals surface area contributed by atoms with Gasteiger partial charge in [0.15, 0.2) is 0 Å². The predicted octanol–water partition coefficient (Wildman–Crippen LogP) is 5.23. The third kappa shape index (κ3) is 2.95. The van der Waals surface area contributed by atoms with E-state index in [1.165, 1.54) is 17.8 Å². The lowest BCUT2D eigenvalue weighted by molar-refractivity contribution is -0.140. The first-order chi connectivity index (χ1) is 14.1. The summed E-state index contributed by atoms with van der Waals surface area (Å²) in [5.74, 6) is -0.408. The maximum Gasteiger partial charge on any atom is 0.331 e. The van der Waals surface area contributed by atoms with E-state index in [9.17, 15) is 4.79 Å². The monoisotopic (exact) mass is 398 g/mol. The molecule has 0 fully saturated rings. The molecule has 0 bridgehead atoms. The van der Waals surface area contributed by atoms with Crippen LogP contribution in [0.4, 0.5) is 0 Å². The predicted molar refractivity (Wildman–Crippen MR) is 120 cm³/mol. The number of rotatable bonds is 3. The third-order valence-electron chi connectivity index (χ3n) is 5.35. The summed E-state index contributed by atoms with van der Waals surface area (Å²) in [6.45, 7) is 2.15. The molecule has 0 saturated carbocycles. The number of hydrogen-bond acceptors (Lipinski definition) is 4. The number of carbonyl (C=O) groups is 1. The Morgan fingerprint density at radius 2 is 1.83 bits per heavy atom. The van der Waals surface area contributed by atoms with Crippen molar-refractivity contribution in [2.45, 2.75) is 19.9 Å². The van der Waals surface area contributed by atoms with E-state index in [4.69, 9.17) is 17.1 Å². The Morgan fingerprint density at radius 1 is 1.00 bits per heavy atom. The molecule has 142 valence electrons. The van der Waals surface area contributed by atoms with Gasteiger partial charge in [0, 0.05) is 41.7 Å². The van der Waals surface area contributed by atoms with Crippen LogP contribution in [0.15, 0.2) is 71.9 Å². The van der Waals surface area contributed by atoms with Gasteiger partial charge in [-0.1, -0.05) is 72.0 Å². The zero-order chi connectivity index (χ0) is 20.0. The number of hydrogen-bond donors (Lipinski definition) is 0. The summed E-state index contributed by atoms with van der Waals surface area (Å²) < 4.78 is 2.32. The van der Waals surface area contributed by atoms with Crippen LogP contribution in [0.2, 0.25) is 0 Å². The van der Waals surface area contributed by atoms with Gasteiger partial charge in [0.1, 0.15) is 0 Å². The smallest absolute Gasteiger partial charge is 0.331 e. The fourth-order valence-electron chi connectivity index (χ4n) is 4.09. The molecule has 1 aliphatic rings. The zero-order valence-corrected chi connectivity index (χ0v) is 16.7. The fourth-order valence-corrected chi connectivity index (χ4v) is 4.35. The first-order valence-corrected chi connectivity index (χ1v) is 9.94. The molecule has 0 radical (unpaired) electrons. The number of para-hydroxylation sites is 1. The van der Waals surface area contributed by atoms with Crippen LogP contribution in [0.25, 0.3) is 21.8 Å². The minimum atomic E-state index is -0.408. The molecule has 29 heavy (non-hydrogen) atoms. The van der Waals surface area contributed by atoms with Crippen LogP contribution in [-0.2, 0) is 16.2 Å². The van der Waals surface area contributed by atoms with Crippen LogP contribution in [0.1, 0.15) is 30.0 Å². The Labute approximate surface area is 173 Å². The SMILES string of the molecule is CC(=O)O/N=C1\CCn2c3ccc(C(=S)c4ccccc4)cc3c3cccc1c32. The van der Waals surface area contributed by atoms with Crippen molar-refractivity contribution in [2.24, 2.45) is 5.16 Å². The molecular weight excluding hydrogens is 380 g/mol. The lowest BCUT2D eigenvalue weighted by atomic mass is 10.00. The van der Waals surface area contributed by atoms with Crippen molar-refractivity contribution in [2.75, 3.05) is 0 Å². The van der Waals surface area contributed by atoms with Crippen LogP contribution in [0, 0.1) is 0 Å². The van der Waals surface area contributed by atoms with Crippen molar-refractivity contribution in [3.63, 3.8) is 0 Å². The van der Waals surface area contributed by atoms with Gasteiger partial charge in [-0.3, -0.25) is 0 Å². The molecule has 0 unspecified atom stereocenters. The van der Waals surface area contributed by atoms with Gasteiger partial charge in [-0.05, 0) is 23.3 Å². The molecular formula is C24H18N2O2S. The zero-order valence-electron chi connectivity index (χ0n) is 15.9. The average Bonchev–Trinajstić information content (AvgIpc) is 3.08. The minimum absolute atomic E-state index is 0.408. The Bertz CT molecular complexity index is 1320. The first kappa shape index (κ1) is 17.8. The van der Waals surface area contributed by atoms with Crippen molar-refractivity contribution >= 4 is 50.6 Å². The molecule has 0 N–H and O–H groups in total. The molecule has 4 aromatic rings. The van der Waals surface area contributed by atoms with E-state index in [-0.39, 0.29) is 0 Å². The van der Waals surface area contributed by atoms with E-state index in [2.05, 4.69) is 34.0 Å². The second-order valence-corrected chi connectivity index (χ2v) is 7.56. The maximum absolute atomic E-state index is 11.2. The summed E-state index contributed by atoms with van der Waals surface area (Å²) in [4.78, 5) is 17.0. The van der Waals surface area contributed by atoms with Gasteiger partial charge in [-0.15, -0.1) is 0 Å². The highest BCUT2D eigenvalue weighted by Crippen LogP contribution is 2.35. The molecule has 0 aliphatic carbocycles. The summed E-state index contributed by atoms with van der Waals surface area (Å²) in [5, 5.41) is 6.43. The van der Waals surface area contributed by atoms with Crippen molar-refractivity contribution < 1.29 is 9.63 Å². The Kier molecular flexibility index (Phi) is 4.25. The second kappa shape index (κ2) is 6.94. The quantitative estimate of drug-likeness (QED) is 0.205. The van der Waals surface area contributed by atoms with E-state index in [0.717, 1.165) is 44.7 Å². The minimum Gasteiger partial charge on any atom is -0.340 e. The number of fused-ring (bicyclic) bond motifs is 3. The van der Waals surface area contributed by atoms with Crippen LogP contribution in [0.3, 0.4) is 0 Å². The van der Waals surface area contributed by atoms with Crippen LogP contribution >= 0.6 is 12.2 Å². The topological polar surface area (TPSA) is 43.6 Å². The van der Waals surface area contributed by atoms with Gasteiger partial charge >= 0.3 is 5.97 Å². The van der Waals surface area contributed by atoms with Crippen molar-refractivity contribution in [1.82, 2.24) is 4.57 Å². The average molecular weight is 398 g/mol. The number of aryl methyl sites for hydroxylation is 1. The third-order valence-corrected chi connectivity index (χ3v) is 5.82. The Balaban J connectivity index is 1.69. The van der Waals surface area contributed by atoms with Crippen molar-refractivity contribution in [3.05, 3.63) is 83.4 Å². The highest BCUT2D eigenvalue weighted by atomic mass is 32.1. The molecule has 0 amide bonds. The number of aromatic nitrogens is 1. The second-order valence-electron chi connectivity index (χ2n) is 7.15. The molecule has 4 nitrogen and oxygen atoms in total. The van der Waals surface area contributed by atoms with Gasteiger partial charge in [-0.2, -0.15) is 0 Å². The molecule has 1 aromatic heterocycles. The molecule has 0 atom stereocenters. The standard InChI is InChI=1S/C24H18N2O2S/c1-15(27)28-25-21-12-13-26-22-11-10-17(24(29)16-6-3-2-4-7-16)14-20(22)18-8-5-9-19(21)23(18)26/h2-11,14H,12-13H2,1H3/b25-21+. The van der Waals surface area contributed by atoms with Crippen LogP contribution in [0.5, 0.6) is 0 Å². The Hall–Kier alpha value is -3.31. The van der Waals surface area contributed by atoms with Crippen molar-refractivity contribution in [3.8, 4) is 0 Å². The highest BCUT2D eigenvalue weighted by molar-refractivity contribution is 7.81. The lowest BCUT2D eigenvalue weighted by Crippen LogP contribution is -2.15. The first-order valence-electron chi connectivity index (χ1n) is 9.53. The van der Waals surface area contributed by atoms with Gasteiger partial charge < -0.3 is 9.40 Å². The van der Waals surface area contributed by atoms with Crippen LogP contribution in [-0.4, -0.2) is 21.1 Å². The summed E-state index contributed by atoms with van der Waals surface area (Å²) in [6.07, 6.45) is 0.716. The fraction of sp³-hybridized carbons (Fsp3) is 0.125. The van der Waals surface area contributed by atoms with Gasteiger partial charge in [0.2, 0.25) is 0 Å².